The van der Waals surface area contributed by atoms with Crippen molar-refractivity contribution in [2.24, 2.45) is 0 Å². The molecular weight excluding hydrogens is 474 g/mol. The van der Waals surface area contributed by atoms with E-state index in [0.29, 0.717) is 41.8 Å². The van der Waals surface area contributed by atoms with E-state index in [1.54, 1.807) is 37.7 Å². The minimum Gasteiger partial charge on any atom is -0.495 e. The van der Waals surface area contributed by atoms with E-state index in [1.807, 2.05) is 6.07 Å². The second kappa shape index (κ2) is 13.4. The molecule has 3 aromatic rings. The highest BCUT2D eigenvalue weighted by Gasteiger charge is 2.17. The predicted molar refractivity (Wildman–Crippen MR) is 131 cm³/mol. The third-order valence-corrected chi connectivity index (χ3v) is 5.30. The van der Waals surface area contributed by atoms with Gasteiger partial charge in [-0.05, 0) is 36.6 Å². The molecule has 5 N–H and O–H groups in total. The number of rotatable bonds is 13. The van der Waals surface area contributed by atoms with Gasteiger partial charge in [0.25, 0.3) is 5.91 Å². The van der Waals surface area contributed by atoms with Gasteiger partial charge >= 0.3 is 0 Å². The smallest absolute Gasteiger partial charge is 0.256 e. The molecule has 186 valence electrons. The summed E-state index contributed by atoms with van der Waals surface area (Å²) in [5.74, 6) is 1.15. The summed E-state index contributed by atoms with van der Waals surface area (Å²) in [6, 6.07) is 6.72. The first-order valence-corrected chi connectivity index (χ1v) is 11.4. The molecule has 1 aromatic carbocycles. The first kappa shape index (κ1) is 26.1. The van der Waals surface area contributed by atoms with Gasteiger partial charge < -0.3 is 30.9 Å². The summed E-state index contributed by atoms with van der Waals surface area (Å²) in [4.78, 5) is 29.8. The van der Waals surface area contributed by atoms with Crippen LogP contribution >= 0.6 is 11.6 Å². The molecule has 0 unspecified atom stereocenters. The number of nitrogens with one attached hydrogen (secondary N) is 3. The number of carbonyl (C=O) groups excluding carboxylic acids is 1. The molecule has 0 spiro atoms. The molecule has 0 bridgehead atoms. The van der Waals surface area contributed by atoms with E-state index in [0.717, 1.165) is 5.56 Å². The molecule has 0 saturated carbocycles. The van der Waals surface area contributed by atoms with Gasteiger partial charge in [-0.25, -0.2) is 15.0 Å². The minimum atomic E-state index is -0.404. The topological polar surface area (TPSA) is 154 Å². The highest BCUT2D eigenvalue weighted by atomic mass is 35.5. The maximum atomic E-state index is 12.9. The Morgan fingerprint density at radius 3 is 2.66 bits per heavy atom. The van der Waals surface area contributed by atoms with Gasteiger partial charge in [0.1, 0.15) is 23.0 Å². The molecule has 0 aliphatic heterocycles. The molecular formula is C23H28ClN7O4. The van der Waals surface area contributed by atoms with E-state index in [-0.39, 0.29) is 37.3 Å². The molecule has 0 fully saturated rings. The SMILES string of the molecule is COc1ccc(CNc2nc(N[C@H](CO)CCCO)ncc2C(=O)NCc2ncccn2)cc1Cl. The standard InChI is InChI=1S/C23H28ClN7O4/c1-35-19-6-5-15(10-18(19)24)11-27-21-17(22(34)28-13-20-25-7-3-8-26-20)12-29-23(31-21)30-16(14-33)4-2-9-32/h3,5-8,10,12,16,32-33H,2,4,9,11,13-14H2,1H3,(H,28,34)(H2,27,29,30,31)/t16-/m0/s1. The van der Waals surface area contributed by atoms with Crippen LogP contribution in [0.2, 0.25) is 5.02 Å². The Kier molecular flexibility index (Phi) is 9.96. The van der Waals surface area contributed by atoms with E-state index in [2.05, 4.69) is 35.9 Å². The number of aliphatic hydroxyl groups excluding tert-OH is 2. The van der Waals surface area contributed by atoms with Crippen molar-refractivity contribution in [3.63, 3.8) is 0 Å². The number of methoxy groups -OCH3 is 1. The van der Waals surface area contributed by atoms with Gasteiger partial charge in [0.15, 0.2) is 0 Å². The number of aromatic nitrogens is 4. The van der Waals surface area contributed by atoms with E-state index in [9.17, 15) is 9.90 Å². The quantitative estimate of drug-likeness (QED) is 0.235. The lowest BCUT2D eigenvalue weighted by Gasteiger charge is -2.17. The molecule has 1 amide bonds. The number of anilines is 2. The van der Waals surface area contributed by atoms with E-state index < -0.39 is 5.91 Å². The monoisotopic (exact) mass is 501 g/mol. The molecule has 2 aromatic heterocycles. The molecule has 12 heteroatoms. The van der Waals surface area contributed by atoms with Gasteiger partial charge in [-0.1, -0.05) is 17.7 Å². The van der Waals surface area contributed by atoms with E-state index >= 15 is 0 Å². The second-order valence-electron chi connectivity index (χ2n) is 7.52. The lowest BCUT2D eigenvalue weighted by Crippen LogP contribution is -2.27. The van der Waals surface area contributed by atoms with Crippen LogP contribution in [0.25, 0.3) is 0 Å². The highest BCUT2D eigenvalue weighted by Crippen LogP contribution is 2.25. The molecule has 1 atom stereocenters. The van der Waals surface area contributed by atoms with Crippen LogP contribution < -0.4 is 20.7 Å². The molecule has 11 nitrogen and oxygen atoms in total. The van der Waals surface area contributed by atoms with Crippen molar-refractivity contribution in [3.8, 4) is 5.75 Å². The average molecular weight is 502 g/mol. The fraction of sp³-hybridized carbons (Fsp3) is 0.348. The fourth-order valence-corrected chi connectivity index (χ4v) is 3.44. The third kappa shape index (κ3) is 7.74. The molecule has 0 radical (unpaired) electrons. The molecule has 2 heterocycles. The van der Waals surface area contributed by atoms with Crippen LogP contribution in [0.5, 0.6) is 5.75 Å². The Morgan fingerprint density at radius 1 is 1.17 bits per heavy atom. The predicted octanol–water partition coefficient (Wildman–Crippen LogP) is 2.02. The first-order valence-electron chi connectivity index (χ1n) is 11.0. The van der Waals surface area contributed by atoms with E-state index in [4.69, 9.17) is 21.4 Å². The van der Waals surface area contributed by atoms with Gasteiger partial charge in [0.05, 0.1) is 31.3 Å². The Morgan fingerprint density at radius 2 is 1.97 bits per heavy atom. The summed E-state index contributed by atoms with van der Waals surface area (Å²) < 4.78 is 5.19. The second-order valence-corrected chi connectivity index (χ2v) is 7.92. The summed E-state index contributed by atoms with van der Waals surface area (Å²) in [7, 11) is 1.54. The number of carbonyl (C=O) groups is 1. The van der Waals surface area contributed by atoms with Gasteiger partial charge in [-0.15, -0.1) is 0 Å². The highest BCUT2D eigenvalue weighted by molar-refractivity contribution is 6.32. The van der Waals surface area contributed by atoms with Gasteiger partial charge in [0.2, 0.25) is 5.95 Å². The zero-order valence-corrected chi connectivity index (χ0v) is 20.0. The van der Waals surface area contributed by atoms with Crippen LogP contribution in [0, 0.1) is 0 Å². The van der Waals surface area contributed by atoms with Crippen molar-refractivity contribution in [3.05, 3.63) is 64.8 Å². The number of ether oxygens (including phenoxy) is 1. The zero-order valence-electron chi connectivity index (χ0n) is 19.2. The molecule has 0 aliphatic rings. The summed E-state index contributed by atoms with van der Waals surface area (Å²) in [5.41, 5.74) is 1.08. The average Bonchev–Trinajstić information content (AvgIpc) is 2.89. The number of hydrogen-bond donors (Lipinski definition) is 5. The summed E-state index contributed by atoms with van der Waals surface area (Å²) in [6.07, 6.45) is 5.64. The number of amides is 1. The Labute approximate surface area is 208 Å². The largest absolute Gasteiger partial charge is 0.495 e. The van der Waals surface area contributed by atoms with Crippen LogP contribution in [0.4, 0.5) is 11.8 Å². The van der Waals surface area contributed by atoms with Crippen molar-refractivity contribution in [2.75, 3.05) is 31.0 Å². The summed E-state index contributed by atoms with van der Waals surface area (Å²) in [6.45, 7) is 0.327. The van der Waals surface area contributed by atoms with Gasteiger partial charge in [0, 0.05) is 31.7 Å². The number of benzene rings is 1. The lowest BCUT2D eigenvalue weighted by atomic mass is 10.2. The third-order valence-electron chi connectivity index (χ3n) is 5.00. The number of aliphatic hydroxyl groups is 2. The Balaban J connectivity index is 1.79. The van der Waals surface area contributed by atoms with Crippen molar-refractivity contribution >= 4 is 29.3 Å². The number of nitrogens with zero attached hydrogens (tertiary/aromatic N) is 4. The maximum Gasteiger partial charge on any atom is 0.256 e. The van der Waals surface area contributed by atoms with Gasteiger partial charge in [-0.2, -0.15) is 4.98 Å². The van der Waals surface area contributed by atoms with Crippen molar-refractivity contribution in [1.29, 1.82) is 0 Å². The van der Waals surface area contributed by atoms with Crippen molar-refractivity contribution in [2.45, 2.75) is 32.0 Å². The molecule has 3 rings (SSSR count). The van der Waals surface area contributed by atoms with Gasteiger partial charge in [-0.3, -0.25) is 4.79 Å². The van der Waals surface area contributed by atoms with Crippen molar-refractivity contribution in [1.82, 2.24) is 25.3 Å². The molecule has 35 heavy (non-hydrogen) atoms. The molecule has 0 aliphatic carbocycles. The van der Waals surface area contributed by atoms with Crippen molar-refractivity contribution < 1.29 is 19.7 Å². The van der Waals surface area contributed by atoms with E-state index in [1.165, 1.54) is 6.20 Å². The minimum absolute atomic E-state index is 0.0144. The number of hydrogen-bond acceptors (Lipinski definition) is 10. The fourth-order valence-electron chi connectivity index (χ4n) is 3.16. The summed E-state index contributed by atoms with van der Waals surface area (Å²) >= 11 is 6.23. The van der Waals surface area contributed by atoms with Crippen LogP contribution in [-0.2, 0) is 13.1 Å². The van der Waals surface area contributed by atoms with Crippen LogP contribution in [0.1, 0.15) is 34.6 Å². The Hall–Kier alpha value is -3.54. The Bertz CT molecular complexity index is 1100. The molecule has 0 saturated heterocycles. The van der Waals surface area contributed by atoms with Crippen LogP contribution in [-0.4, -0.2) is 62.4 Å². The summed E-state index contributed by atoms with van der Waals surface area (Å²) in [5, 5.41) is 28.1. The maximum absolute atomic E-state index is 12.9. The zero-order chi connectivity index (χ0) is 25.0. The van der Waals surface area contributed by atoms with Crippen LogP contribution in [0.3, 0.4) is 0 Å². The number of halogens is 1. The normalized spacial score (nSPS) is 11.5. The lowest BCUT2D eigenvalue weighted by molar-refractivity contribution is 0.0950. The first-order chi connectivity index (χ1) is 17.0. The van der Waals surface area contributed by atoms with Crippen LogP contribution in [0.15, 0.2) is 42.9 Å².